The molecule has 0 bridgehead atoms. The third-order valence-corrected chi connectivity index (χ3v) is 18.7. The van der Waals surface area contributed by atoms with Crippen LogP contribution in [0.25, 0.3) is 167 Å². The Morgan fingerprint density at radius 3 is 0.857 bits per heavy atom. The van der Waals surface area contributed by atoms with Crippen molar-refractivity contribution in [2.75, 3.05) is 0 Å². The van der Waals surface area contributed by atoms with E-state index >= 15 is 0 Å². The number of nitrogens with zero attached hydrogens (tertiary/aromatic N) is 8. The lowest BCUT2D eigenvalue weighted by Crippen LogP contribution is -2.06. The molecule has 3 heterocycles. The lowest BCUT2D eigenvalue weighted by molar-refractivity contribution is 1.06. The third-order valence-electron chi connectivity index (χ3n) is 18.7. The van der Waals surface area contributed by atoms with Crippen LogP contribution in [-0.2, 0) is 0 Å². The molecule has 0 aliphatic rings. The number of hydrogen-bond acceptors (Lipinski definition) is 6. The Bertz CT molecular complexity index is 5580. The maximum Gasteiger partial charge on any atom is 0.166 e. The quantitative estimate of drug-likeness (QED) is 0.120. The fourth-order valence-corrected chi connectivity index (χ4v) is 13.8. The number of fused-ring (bicyclic) bond motifs is 6. The van der Waals surface area contributed by atoms with Gasteiger partial charge in [-0.1, -0.05) is 224 Å². The molecule has 0 unspecified atom stereocenters. The number of hydrogen-bond donors (Lipinski definition) is 0. The third kappa shape index (κ3) is 10.5. The molecule has 0 aliphatic carbocycles. The summed E-state index contributed by atoms with van der Waals surface area (Å²) in [6.07, 6.45) is 0. The molecule has 14 aromatic carbocycles. The van der Waals surface area contributed by atoms with Crippen LogP contribution in [0.4, 0.5) is 0 Å². The van der Waals surface area contributed by atoms with Gasteiger partial charge in [0, 0.05) is 38.2 Å². The first-order valence-electron chi connectivity index (χ1n) is 32.5. The van der Waals surface area contributed by atoms with Gasteiger partial charge in [0.2, 0.25) is 0 Å². The van der Waals surface area contributed by atoms with Crippen LogP contribution >= 0.6 is 0 Å². The topological polar surface area (TPSA) is 120 Å². The fourth-order valence-electron chi connectivity index (χ4n) is 13.8. The van der Waals surface area contributed by atoms with Crippen LogP contribution in [0, 0.1) is 34.0 Å². The Morgan fingerprint density at radius 1 is 0.214 bits per heavy atom. The minimum atomic E-state index is 0.437. The predicted molar refractivity (Wildman–Crippen MR) is 397 cm³/mol. The minimum Gasteiger partial charge on any atom is -0.308 e. The minimum absolute atomic E-state index is 0.437. The highest BCUT2D eigenvalue weighted by molar-refractivity contribution is 6.14. The van der Waals surface area contributed by atoms with Crippen LogP contribution < -0.4 is 0 Å². The van der Waals surface area contributed by atoms with E-state index in [4.69, 9.17) is 15.0 Å². The zero-order valence-electron chi connectivity index (χ0n) is 52.8. The van der Waals surface area contributed by atoms with Crippen molar-refractivity contribution in [1.82, 2.24) is 24.1 Å². The molecule has 0 amide bonds. The van der Waals surface area contributed by atoms with Gasteiger partial charge in [0.25, 0.3) is 0 Å². The average molecular weight is 1250 g/mol. The molecule has 3 aromatic heterocycles. The van der Waals surface area contributed by atoms with Crippen molar-refractivity contribution in [1.29, 1.82) is 15.8 Å². The second-order valence-corrected chi connectivity index (χ2v) is 24.4. The zero-order chi connectivity index (χ0) is 65.6. The monoisotopic (exact) mass is 1250 g/mol. The lowest BCUT2D eigenvalue weighted by atomic mass is 9.99. The molecule has 17 aromatic rings. The highest BCUT2D eigenvalue weighted by atomic mass is 15.1. The second kappa shape index (κ2) is 24.6. The maximum atomic E-state index is 10.2. The van der Waals surface area contributed by atoms with Gasteiger partial charge >= 0.3 is 0 Å². The molecule has 8 nitrogen and oxygen atoms in total. The first-order chi connectivity index (χ1) is 48.4. The van der Waals surface area contributed by atoms with E-state index in [2.05, 4.69) is 234 Å². The molecule has 0 atom stereocenters. The van der Waals surface area contributed by atoms with Gasteiger partial charge in [0.15, 0.2) is 17.5 Å². The van der Waals surface area contributed by atoms with Gasteiger partial charge < -0.3 is 9.13 Å². The van der Waals surface area contributed by atoms with Crippen molar-refractivity contribution in [2.24, 2.45) is 0 Å². The summed E-state index contributed by atoms with van der Waals surface area (Å²) in [5, 5.41) is 34.5. The van der Waals surface area contributed by atoms with Gasteiger partial charge in [-0.25, -0.2) is 15.0 Å². The molecule has 0 spiro atoms. The first-order valence-corrected chi connectivity index (χ1v) is 32.5. The Morgan fingerprint density at radius 2 is 0.500 bits per heavy atom. The van der Waals surface area contributed by atoms with Crippen LogP contribution in [0.2, 0.25) is 0 Å². The SMILES string of the molecule is N#Cc1ccc(-c2ccc(-c3nc(-c4ccc(-c5ccccc5C#N)cc4)nc(-c4ccc(-c5ccc(C#N)cc5)cc4-n4c5ccc(-c6ccccc6)cc5c5cc(-c6ccccc6)ccc54)n3)c(-n3c4ccc(-c5ccccc5)cc4c4cc(-c5ccccc5)ccc43)c2)cc1. The van der Waals surface area contributed by atoms with E-state index in [-0.39, 0.29) is 0 Å². The number of nitriles is 3. The Hall–Kier alpha value is -13.8. The highest BCUT2D eigenvalue weighted by Gasteiger charge is 2.25. The van der Waals surface area contributed by atoms with E-state index in [9.17, 15) is 15.8 Å². The van der Waals surface area contributed by atoms with Crippen molar-refractivity contribution < 1.29 is 0 Å². The van der Waals surface area contributed by atoms with Gasteiger partial charge in [0.05, 0.1) is 68.3 Å². The summed E-state index contributed by atoms with van der Waals surface area (Å²) in [7, 11) is 0. The maximum absolute atomic E-state index is 10.2. The normalized spacial score (nSPS) is 11.2. The molecule has 8 heteroatoms. The molecule has 0 aliphatic heterocycles. The van der Waals surface area contributed by atoms with E-state index in [1.165, 1.54) is 0 Å². The van der Waals surface area contributed by atoms with Crippen molar-refractivity contribution in [3.8, 4) is 142 Å². The van der Waals surface area contributed by atoms with E-state index in [1.54, 1.807) is 0 Å². The van der Waals surface area contributed by atoms with E-state index in [0.717, 1.165) is 150 Å². The molecule has 0 N–H and O–H groups in total. The van der Waals surface area contributed by atoms with Crippen LogP contribution in [-0.4, -0.2) is 24.1 Å². The largest absolute Gasteiger partial charge is 0.308 e. The van der Waals surface area contributed by atoms with Gasteiger partial charge in [0.1, 0.15) is 0 Å². The number of benzene rings is 14. The van der Waals surface area contributed by atoms with Crippen molar-refractivity contribution in [3.05, 3.63) is 344 Å². The van der Waals surface area contributed by atoms with Crippen molar-refractivity contribution >= 4 is 43.6 Å². The highest BCUT2D eigenvalue weighted by Crippen LogP contribution is 2.45. The van der Waals surface area contributed by atoms with E-state index in [1.807, 2.05) is 121 Å². The van der Waals surface area contributed by atoms with Crippen molar-refractivity contribution in [2.45, 2.75) is 0 Å². The zero-order valence-corrected chi connectivity index (χ0v) is 52.8. The fraction of sp³-hybridized carbons (Fsp3) is 0. The molecule has 17 rings (SSSR count). The van der Waals surface area contributed by atoms with Gasteiger partial charge in [-0.15, -0.1) is 0 Å². The van der Waals surface area contributed by atoms with Crippen LogP contribution in [0.1, 0.15) is 16.7 Å². The summed E-state index contributed by atoms with van der Waals surface area (Å²) in [5.41, 5.74) is 23.9. The van der Waals surface area contributed by atoms with Crippen LogP contribution in [0.5, 0.6) is 0 Å². The van der Waals surface area contributed by atoms with Crippen molar-refractivity contribution in [3.63, 3.8) is 0 Å². The van der Waals surface area contributed by atoms with Crippen LogP contribution in [0.15, 0.2) is 328 Å². The smallest absolute Gasteiger partial charge is 0.166 e. The number of aromatic nitrogens is 5. The summed E-state index contributed by atoms with van der Waals surface area (Å²) in [5.74, 6) is 1.32. The van der Waals surface area contributed by atoms with Crippen LogP contribution in [0.3, 0.4) is 0 Å². The predicted octanol–water partition coefficient (Wildman–Crippen LogP) is 22.4. The van der Waals surface area contributed by atoms with Gasteiger partial charge in [-0.3, -0.25) is 0 Å². The molecule has 454 valence electrons. The Labute approximate surface area is 566 Å². The standard InChI is InChI=1S/C90H54N8/c91-55-58-25-29-64(30-26-58)72-37-43-76(86(53-72)97-82-45-39-68(60-15-5-1-6-16-60)49-78(82)79-50-69(40-46-83(79)97)61-17-7-2-8-18-61)89-94-88(67-35-33-66(34-36-67)75-24-14-13-23-74(75)57-93)95-90(96-89)77-44-38-73(65-31-27-59(56-92)28-32-65)54-87(77)98-84-47-41-70(62-19-9-3-10-20-62)51-80(84)81-52-71(42-48-85(81)98)63-21-11-4-12-22-63/h1-54H. The summed E-state index contributed by atoms with van der Waals surface area (Å²) >= 11 is 0. The second-order valence-electron chi connectivity index (χ2n) is 24.4. The molecule has 0 fully saturated rings. The molecule has 0 saturated carbocycles. The summed E-state index contributed by atoms with van der Waals surface area (Å²) in [6, 6.07) is 120. The first kappa shape index (κ1) is 58.0. The molecule has 0 saturated heterocycles. The van der Waals surface area contributed by atoms with E-state index in [0.29, 0.717) is 34.2 Å². The summed E-state index contributed by atoms with van der Waals surface area (Å²) in [6.45, 7) is 0. The summed E-state index contributed by atoms with van der Waals surface area (Å²) < 4.78 is 4.70. The Kier molecular flexibility index (Phi) is 14.5. The summed E-state index contributed by atoms with van der Waals surface area (Å²) in [4.78, 5) is 16.9. The average Bonchev–Trinajstić information content (AvgIpc) is 1.56. The molecule has 98 heavy (non-hydrogen) atoms. The molecular formula is C90H54N8. The molecule has 0 radical (unpaired) electrons. The van der Waals surface area contributed by atoms with Gasteiger partial charge in [-0.2, -0.15) is 15.8 Å². The van der Waals surface area contributed by atoms with Gasteiger partial charge in [-0.05, 0) is 181 Å². The van der Waals surface area contributed by atoms with E-state index < -0.39 is 0 Å². The number of rotatable bonds is 12. The molecular weight excluding hydrogens is 1190 g/mol. The lowest BCUT2D eigenvalue weighted by Gasteiger charge is -2.18. The Balaban J connectivity index is 0.951.